The lowest BCUT2D eigenvalue weighted by Gasteiger charge is -2.27. The molecular formula is C26H28F3N3O5S. The van der Waals surface area contributed by atoms with Crippen molar-refractivity contribution in [1.82, 2.24) is 4.90 Å². The van der Waals surface area contributed by atoms with Gasteiger partial charge in [-0.15, -0.1) is 0 Å². The summed E-state index contributed by atoms with van der Waals surface area (Å²) >= 11 is 1.67. The maximum Gasteiger partial charge on any atom is 0.491 e. The average molecular weight is 552 g/mol. The summed E-state index contributed by atoms with van der Waals surface area (Å²) in [5.74, 6) is -3.50. The standard InChI is InChI=1S/C26H28F3N3O5S/c1-17(13-23(34)37-25(36)26(27,28)29)31-16-22(33)32(15-19-5-3-2-4-6-19)21-8-7-18(9-11-38-12-10-30)14-20(21)24(31)35/h2-8,14,17H,9-13,15-16,30H2,1H3. The first-order valence-electron chi connectivity index (χ1n) is 11.9. The zero-order valence-electron chi connectivity index (χ0n) is 20.7. The van der Waals surface area contributed by atoms with E-state index in [-0.39, 0.29) is 12.1 Å². The van der Waals surface area contributed by atoms with Crippen LogP contribution in [-0.4, -0.2) is 65.5 Å². The Kier molecular flexibility index (Phi) is 9.92. The number of benzene rings is 2. The van der Waals surface area contributed by atoms with E-state index in [1.54, 1.807) is 23.9 Å². The number of fused-ring (bicyclic) bond motifs is 1. The molecule has 0 fully saturated rings. The number of halogens is 3. The van der Waals surface area contributed by atoms with Crippen molar-refractivity contribution < 1.29 is 37.1 Å². The van der Waals surface area contributed by atoms with E-state index in [0.717, 1.165) is 27.5 Å². The lowest BCUT2D eigenvalue weighted by molar-refractivity contribution is -0.202. The maximum absolute atomic E-state index is 13.6. The Morgan fingerprint density at radius 3 is 2.45 bits per heavy atom. The van der Waals surface area contributed by atoms with Crippen molar-refractivity contribution in [2.45, 2.75) is 38.5 Å². The van der Waals surface area contributed by atoms with Gasteiger partial charge in [-0.25, -0.2) is 4.79 Å². The lowest BCUT2D eigenvalue weighted by atomic mass is 10.0. The lowest BCUT2D eigenvalue weighted by Crippen LogP contribution is -2.44. The topological polar surface area (TPSA) is 110 Å². The van der Waals surface area contributed by atoms with Crippen LogP contribution >= 0.6 is 11.8 Å². The Morgan fingerprint density at radius 1 is 1.08 bits per heavy atom. The predicted octanol–water partition coefficient (Wildman–Crippen LogP) is 3.32. The number of esters is 2. The van der Waals surface area contributed by atoms with Crippen LogP contribution in [-0.2, 0) is 32.1 Å². The van der Waals surface area contributed by atoms with Crippen LogP contribution in [0.4, 0.5) is 18.9 Å². The molecule has 0 radical (unpaired) electrons. The van der Waals surface area contributed by atoms with Gasteiger partial charge < -0.3 is 20.3 Å². The third-order valence-corrected chi connectivity index (χ3v) is 6.88. The second-order valence-corrected chi connectivity index (χ2v) is 9.94. The van der Waals surface area contributed by atoms with Crippen LogP contribution < -0.4 is 10.6 Å². The highest BCUT2D eigenvalue weighted by atomic mass is 32.2. The largest absolute Gasteiger partial charge is 0.491 e. The fourth-order valence-corrected chi connectivity index (χ4v) is 4.71. The number of carbonyl (C=O) groups is 4. The second kappa shape index (κ2) is 12.9. The van der Waals surface area contributed by atoms with Crippen LogP contribution in [0.15, 0.2) is 48.5 Å². The van der Waals surface area contributed by atoms with Gasteiger partial charge in [-0.3, -0.25) is 14.4 Å². The second-order valence-electron chi connectivity index (χ2n) is 8.71. The molecule has 1 unspecified atom stereocenters. The van der Waals surface area contributed by atoms with Crippen molar-refractivity contribution in [2.75, 3.05) is 29.5 Å². The van der Waals surface area contributed by atoms with Crippen molar-refractivity contribution >= 4 is 41.2 Å². The van der Waals surface area contributed by atoms with Gasteiger partial charge in [0.1, 0.15) is 6.54 Å². The monoisotopic (exact) mass is 551 g/mol. The molecule has 3 rings (SSSR count). The Labute approximate surface area is 222 Å². The minimum atomic E-state index is -5.33. The van der Waals surface area contributed by atoms with E-state index in [1.807, 2.05) is 36.4 Å². The van der Waals surface area contributed by atoms with Crippen molar-refractivity contribution in [2.24, 2.45) is 5.73 Å². The van der Waals surface area contributed by atoms with Gasteiger partial charge in [0.25, 0.3) is 5.91 Å². The molecule has 12 heteroatoms. The molecule has 38 heavy (non-hydrogen) atoms. The van der Waals surface area contributed by atoms with E-state index < -0.39 is 48.9 Å². The van der Waals surface area contributed by atoms with E-state index in [0.29, 0.717) is 18.7 Å². The fraction of sp³-hybridized carbons (Fsp3) is 0.385. The van der Waals surface area contributed by atoms with Crippen LogP contribution in [0.2, 0.25) is 0 Å². The highest BCUT2D eigenvalue weighted by molar-refractivity contribution is 7.99. The Bertz CT molecular complexity index is 1180. The molecule has 0 saturated carbocycles. The number of aryl methyl sites for hydroxylation is 1. The van der Waals surface area contributed by atoms with E-state index in [9.17, 15) is 32.3 Å². The maximum atomic E-state index is 13.6. The molecule has 0 aromatic heterocycles. The first-order chi connectivity index (χ1) is 18.0. The van der Waals surface area contributed by atoms with Crippen LogP contribution in [0.25, 0.3) is 0 Å². The van der Waals surface area contributed by atoms with Gasteiger partial charge in [0.15, 0.2) is 0 Å². The van der Waals surface area contributed by atoms with Gasteiger partial charge >= 0.3 is 18.1 Å². The van der Waals surface area contributed by atoms with E-state index >= 15 is 0 Å². The van der Waals surface area contributed by atoms with Crippen molar-refractivity contribution in [1.29, 1.82) is 0 Å². The fourth-order valence-electron chi connectivity index (χ4n) is 3.96. The number of rotatable bonds is 10. The summed E-state index contributed by atoms with van der Waals surface area (Å²) in [7, 11) is 0. The third-order valence-electron chi connectivity index (χ3n) is 5.86. The predicted molar refractivity (Wildman–Crippen MR) is 136 cm³/mol. The van der Waals surface area contributed by atoms with E-state index in [2.05, 4.69) is 4.74 Å². The van der Waals surface area contributed by atoms with Crippen LogP contribution in [0, 0.1) is 0 Å². The Balaban J connectivity index is 1.89. The number of nitrogens with zero attached hydrogens (tertiary/aromatic N) is 2. The minimum Gasteiger partial charge on any atom is -0.386 e. The highest BCUT2D eigenvalue weighted by Crippen LogP contribution is 2.30. The number of ether oxygens (including phenoxy) is 1. The highest BCUT2D eigenvalue weighted by Gasteiger charge is 2.43. The molecule has 0 aliphatic carbocycles. The minimum absolute atomic E-state index is 0.190. The number of alkyl halides is 3. The molecule has 0 spiro atoms. The smallest absolute Gasteiger partial charge is 0.386 e. The SMILES string of the molecule is CC(CC(=O)OC(=O)C(F)(F)F)N1CC(=O)N(Cc2ccccc2)c2ccc(CCSCCN)cc2C1=O. The van der Waals surface area contributed by atoms with Gasteiger partial charge in [0, 0.05) is 18.3 Å². The molecule has 2 aromatic carbocycles. The summed E-state index contributed by atoms with van der Waals surface area (Å²) in [5.41, 5.74) is 7.86. The molecule has 1 atom stereocenters. The molecule has 0 bridgehead atoms. The van der Waals surface area contributed by atoms with Crippen molar-refractivity contribution in [3.05, 3.63) is 65.2 Å². The summed E-state index contributed by atoms with van der Waals surface area (Å²) in [4.78, 5) is 52.7. The molecule has 8 nitrogen and oxygen atoms in total. The normalized spacial score (nSPS) is 14.7. The van der Waals surface area contributed by atoms with Crippen molar-refractivity contribution in [3.8, 4) is 0 Å². The summed E-state index contributed by atoms with van der Waals surface area (Å²) in [6, 6.07) is 13.4. The number of thioether (sulfide) groups is 1. The molecule has 2 aromatic rings. The molecule has 1 aliphatic rings. The van der Waals surface area contributed by atoms with Crippen LogP contribution in [0.1, 0.15) is 34.8 Å². The first kappa shape index (κ1) is 29.2. The number of carbonyl (C=O) groups excluding carboxylic acids is 4. The average Bonchev–Trinajstić information content (AvgIpc) is 2.97. The molecule has 2 N–H and O–H groups in total. The number of amides is 2. The van der Waals surface area contributed by atoms with Crippen molar-refractivity contribution in [3.63, 3.8) is 0 Å². The van der Waals surface area contributed by atoms with Gasteiger partial charge in [-0.1, -0.05) is 36.4 Å². The van der Waals surface area contributed by atoms with Gasteiger partial charge in [0.05, 0.1) is 24.2 Å². The zero-order valence-corrected chi connectivity index (χ0v) is 21.5. The number of hydrogen-bond donors (Lipinski definition) is 1. The number of nitrogens with two attached hydrogens (primary N) is 1. The molecule has 1 heterocycles. The van der Waals surface area contributed by atoms with Crippen LogP contribution in [0.5, 0.6) is 0 Å². The molecule has 1 aliphatic heterocycles. The van der Waals surface area contributed by atoms with Gasteiger partial charge in [0.2, 0.25) is 5.91 Å². The molecule has 2 amide bonds. The van der Waals surface area contributed by atoms with Gasteiger partial charge in [-0.2, -0.15) is 24.9 Å². The Morgan fingerprint density at radius 2 is 1.79 bits per heavy atom. The first-order valence-corrected chi connectivity index (χ1v) is 13.0. The summed E-state index contributed by atoms with van der Waals surface area (Å²) in [6.07, 6.45) is -5.38. The number of anilines is 1. The zero-order chi connectivity index (χ0) is 27.9. The summed E-state index contributed by atoms with van der Waals surface area (Å²) < 4.78 is 41.3. The van der Waals surface area contributed by atoms with E-state index in [1.165, 1.54) is 11.8 Å². The van der Waals surface area contributed by atoms with E-state index in [4.69, 9.17) is 5.73 Å². The molecule has 0 saturated heterocycles. The summed E-state index contributed by atoms with van der Waals surface area (Å²) in [5, 5.41) is 0. The Hall–Kier alpha value is -3.38. The quantitative estimate of drug-likeness (QED) is 0.274. The number of hydrogen-bond acceptors (Lipinski definition) is 7. The van der Waals surface area contributed by atoms with Gasteiger partial charge in [-0.05, 0) is 42.4 Å². The molecule has 204 valence electrons. The third kappa shape index (κ3) is 7.57. The summed E-state index contributed by atoms with van der Waals surface area (Å²) in [6.45, 7) is 1.73. The molecular weight excluding hydrogens is 523 g/mol. The van der Waals surface area contributed by atoms with Crippen LogP contribution in [0.3, 0.4) is 0 Å².